The Bertz CT molecular complexity index is 1110. The summed E-state index contributed by atoms with van der Waals surface area (Å²) in [7, 11) is 0. The van der Waals surface area contributed by atoms with Crippen molar-refractivity contribution in [3.63, 3.8) is 0 Å². The summed E-state index contributed by atoms with van der Waals surface area (Å²) >= 11 is 0. The van der Waals surface area contributed by atoms with Gasteiger partial charge < -0.3 is 4.74 Å². The van der Waals surface area contributed by atoms with Crippen LogP contribution < -0.4 is 10.2 Å². The Labute approximate surface area is 198 Å². The van der Waals surface area contributed by atoms with Gasteiger partial charge in [0.15, 0.2) is 0 Å². The van der Waals surface area contributed by atoms with Crippen LogP contribution in [0.1, 0.15) is 61.5 Å². The van der Waals surface area contributed by atoms with Crippen LogP contribution in [0.5, 0.6) is 5.75 Å². The first-order valence-corrected chi connectivity index (χ1v) is 11.4. The van der Waals surface area contributed by atoms with Crippen LogP contribution in [0, 0.1) is 10.1 Å². The van der Waals surface area contributed by atoms with Crippen molar-refractivity contribution in [2.24, 2.45) is 5.10 Å². The molecule has 34 heavy (non-hydrogen) atoms. The highest BCUT2D eigenvalue weighted by Gasteiger charge is 2.12. The lowest BCUT2D eigenvalue weighted by molar-refractivity contribution is -0.385. The molecule has 9 nitrogen and oxygen atoms in total. The standard InChI is InChI=1S/C25H29N5O4/c1-2-3-4-5-6-9-16-34-21-14-12-19(13-15-21)22-17-23(28-27-22)25(31)29-26-18-20-10-7-8-11-24(20)30(32)33/h7-8,10-15,17-18H,2-6,9,16H2,1H3,(H,27,28)(H,29,31)/b26-18+. The number of nitro groups is 1. The topological polar surface area (TPSA) is 123 Å². The summed E-state index contributed by atoms with van der Waals surface area (Å²) in [5.74, 6) is 0.294. The second kappa shape index (κ2) is 12.9. The lowest BCUT2D eigenvalue weighted by Gasteiger charge is -2.06. The van der Waals surface area contributed by atoms with Gasteiger partial charge >= 0.3 is 0 Å². The zero-order chi connectivity index (χ0) is 24.2. The first-order chi connectivity index (χ1) is 16.6. The number of hydrogen-bond donors (Lipinski definition) is 2. The molecule has 178 valence electrons. The van der Waals surface area contributed by atoms with Crippen molar-refractivity contribution in [1.29, 1.82) is 0 Å². The zero-order valence-electron chi connectivity index (χ0n) is 19.2. The zero-order valence-corrected chi connectivity index (χ0v) is 19.2. The molecule has 0 saturated carbocycles. The van der Waals surface area contributed by atoms with Gasteiger partial charge in [0.2, 0.25) is 0 Å². The summed E-state index contributed by atoms with van der Waals surface area (Å²) < 4.78 is 5.80. The molecule has 1 amide bonds. The summed E-state index contributed by atoms with van der Waals surface area (Å²) in [5, 5.41) is 21.7. The molecule has 0 saturated heterocycles. The van der Waals surface area contributed by atoms with Crippen molar-refractivity contribution in [1.82, 2.24) is 15.6 Å². The number of hydrogen-bond acceptors (Lipinski definition) is 6. The fourth-order valence-corrected chi connectivity index (χ4v) is 3.36. The molecule has 9 heteroatoms. The number of nitrogens with one attached hydrogen (secondary N) is 2. The number of para-hydroxylation sites is 1. The Morgan fingerprint density at radius 1 is 1.12 bits per heavy atom. The third-order valence-electron chi connectivity index (χ3n) is 5.24. The molecule has 0 aliphatic rings. The van der Waals surface area contributed by atoms with Gasteiger partial charge in [-0.3, -0.25) is 20.0 Å². The van der Waals surface area contributed by atoms with E-state index in [4.69, 9.17) is 4.74 Å². The van der Waals surface area contributed by atoms with Crippen LogP contribution in [0.25, 0.3) is 11.3 Å². The van der Waals surface area contributed by atoms with E-state index in [9.17, 15) is 14.9 Å². The monoisotopic (exact) mass is 463 g/mol. The molecule has 0 unspecified atom stereocenters. The number of aromatic amines is 1. The van der Waals surface area contributed by atoms with Gasteiger partial charge in [-0.15, -0.1) is 0 Å². The Hall–Kier alpha value is -4.01. The number of aromatic nitrogens is 2. The van der Waals surface area contributed by atoms with Crippen LogP contribution in [0.4, 0.5) is 5.69 Å². The minimum absolute atomic E-state index is 0.0938. The smallest absolute Gasteiger partial charge is 0.289 e. The average molecular weight is 464 g/mol. The van der Waals surface area contributed by atoms with Gasteiger partial charge in [-0.1, -0.05) is 51.2 Å². The summed E-state index contributed by atoms with van der Waals surface area (Å²) in [6, 6.07) is 15.3. The van der Waals surface area contributed by atoms with Crippen LogP contribution in [-0.4, -0.2) is 33.8 Å². The first-order valence-electron chi connectivity index (χ1n) is 11.4. The van der Waals surface area contributed by atoms with E-state index in [0.29, 0.717) is 12.3 Å². The van der Waals surface area contributed by atoms with Crippen LogP contribution in [0.3, 0.4) is 0 Å². The fourth-order valence-electron chi connectivity index (χ4n) is 3.36. The highest BCUT2D eigenvalue weighted by Crippen LogP contribution is 2.22. The predicted octanol–water partition coefficient (Wildman–Crippen LogP) is 5.49. The van der Waals surface area contributed by atoms with Gasteiger partial charge in [0.05, 0.1) is 29.0 Å². The molecule has 2 aromatic carbocycles. The van der Waals surface area contributed by atoms with Crippen molar-refractivity contribution in [2.45, 2.75) is 45.4 Å². The number of ether oxygens (including phenoxy) is 1. The second-order valence-electron chi connectivity index (χ2n) is 7.82. The molecule has 0 spiro atoms. The first kappa shape index (κ1) is 24.6. The van der Waals surface area contributed by atoms with Gasteiger partial charge in [-0.05, 0) is 42.8 Å². The molecule has 1 heterocycles. The summed E-state index contributed by atoms with van der Waals surface area (Å²) in [6.45, 7) is 2.91. The Morgan fingerprint density at radius 2 is 1.85 bits per heavy atom. The molecule has 2 N–H and O–H groups in total. The Balaban J connectivity index is 1.50. The maximum atomic E-state index is 12.3. The van der Waals surface area contributed by atoms with Crippen LogP contribution in [0.2, 0.25) is 0 Å². The molecule has 0 aliphatic heterocycles. The van der Waals surface area contributed by atoms with Gasteiger partial charge in [-0.2, -0.15) is 10.2 Å². The third-order valence-corrected chi connectivity index (χ3v) is 5.24. The van der Waals surface area contributed by atoms with E-state index in [-0.39, 0.29) is 16.9 Å². The molecule has 3 rings (SSSR count). The Kier molecular flexibility index (Phi) is 9.33. The summed E-state index contributed by atoms with van der Waals surface area (Å²) in [5.41, 5.74) is 4.21. The predicted molar refractivity (Wildman–Crippen MR) is 131 cm³/mol. The van der Waals surface area contributed by atoms with E-state index in [1.807, 2.05) is 24.3 Å². The lowest BCUT2D eigenvalue weighted by atomic mass is 10.1. The van der Waals surface area contributed by atoms with E-state index in [0.717, 1.165) is 17.7 Å². The summed E-state index contributed by atoms with van der Waals surface area (Å²) in [4.78, 5) is 22.9. The number of amides is 1. The molecular formula is C25H29N5O4. The molecule has 0 atom stereocenters. The fraction of sp³-hybridized carbons (Fsp3) is 0.320. The molecule has 0 fully saturated rings. The molecule has 1 aromatic heterocycles. The van der Waals surface area contributed by atoms with Crippen molar-refractivity contribution in [3.05, 3.63) is 76.0 Å². The molecular weight excluding hydrogens is 434 g/mol. The maximum Gasteiger partial charge on any atom is 0.289 e. The van der Waals surface area contributed by atoms with Gasteiger partial charge in [0.1, 0.15) is 11.4 Å². The largest absolute Gasteiger partial charge is 0.494 e. The van der Waals surface area contributed by atoms with Crippen LogP contribution in [0.15, 0.2) is 59.7 Å². The number of hydrazone groups is 1. The van der Waals surface area contributed by atoms with Crippen LogP contribution >= 0.6 is 0 Å². The van der Waals surface area contributed by atoms with E-state index in [2.05, 4.69) is 27.6 Å². The number of nitro benzene ring substituents is 1. The second-order valence-corrected chi connectivity index (χ2v) is 7.82. The van der Waals surface area contributed by atoms with Crippen LogP contribution in [-0.2, 0) is 0 Å². The van der Waals surface area contributed by atoms with E-state index in [1.165, 1.54) is 44.4 Å². The van der Waals surface area contributed by atoms with Gasteiger partial charge in [-0.25, -0.2) is 5.43 Å². The molecule has 0 aliphatic carbocycles. The minimum Gasteiger partial charge on any atom is -0.494 e. The number of rotatable bonds is 13. The number of H-pyrrole nitrogens is 1. The van der Waals surface area contributed by atoms with E-state index in [1.54, 1.807) is 24.3 Å². The number of unbranched alkanes of at least 4 members (excludes halogenated alkanes) is 5. The number of carbonyl (C=O) groups is 1. The van der Waals surface area contributed by atoms with Crippen molar-refractivity contribution in [2.75, 3.05) is 6.61 Å². The van der Waals surface area contributed by atoms with Crippen molar-refractivity contribution < 1.29 is 14.5 Å². The highest BCUT2D eigenvalue weighted by atomic mass is 16.6. The molecule has 0 bridgehead atoms. The number of carbonyl (C=O) groups excluding carboxylic acids is 1. The summed E-state index contributed by atoms with van der Waals surface area (Å²) in [6.07, 6.45) is 8.55. The normalized spacial score (nSPS) is 11.0. The SMILES string of the molecule is CCCCCCCCOc1ccc(-c2cc(C(=O)N/N=C/c3ccccc3[N+](=O)[O-])[nH]n2)cc1. The van der Waals surface area contributed by atoms with Crippen molar-refractivity contribution in [3.8, 4) is 17.0 Å². The number of benzene rings is 2. The van der Waals surface area contributed by atoms with Gasteiger partial charge in [0.25, 0.3) is 11.6 Å². The maximum absolute atomic E-state index is 12.3. The quantitative estimate of drug-likeness (QED) is 0.150. The third kappa shape index (κ3) is 7.26. The molecule has 0 radical (unpaired) electrons. The Morgan fingerprint density at radius 3 is 2.62 bits per heavy atom. The van der Waals surface area contributed by atoms with E-state index < -0.39 is 10.8 Å². The van der Waals surface area contributed by atoms with Gasteiger partial charge in [0, 0.05) is 11.6 Å². The minimum atomic E-state index is -0.507. The highest BCUT2D eigenvalue weighted by molar-refractivity contribution is 5.94. The van der Waals surface area contributed by atoms with Crippen molar-refractivity contribution >= 4 is 17.8 Å². The number of nitrogens with zero attached hydrogens (tertiary/aromatic N) is 3. The average Bonchev–Trinajstić information content (AvgIpc) is 3.34. The lowest BCUT2D eigenvalue weighted by Crippen LogP contribution is -2.18. The molecule has 3 aromatic rings. The van der Waals surface area contributed by atoms with E-state index >= 15 is 0 Å².